The van der Waals surface area contributed by atoms with E-state index in [9.17, 15) is 9.90 Å². The number of carbonyl (C=O) groups excluding carboxylic acids is 1. The van der Waals surface area contributed by atoms with Crippen LogP contribution in [0.1, 0.15) is 35.2 Å². The molecule has 2 N–H and O–H groups in total. The van der Waals surface area contributed by atoms with E-state index in [1.807, 2.05) is 54.6 Å². The Morgan fingerprint density at radius 3 is 2.29 bits per heavy atom. The summed E-state index contributed by atoms with van der Waals surface area (Å²) in [4.78, 5) is 13.6. The van der Waals surface area contributed by atoms with Crippen LogP contribution in [0.4, 0.5) is 0 Å². The molecule has 0 aliphatic carbocycles. The van der Waals surface area contributed by atoms with E-state index in [1.54, 1.807) is 0 Å². The van der Waals surface area contributed by atoms with Gasteiger partial charge in [-0.05, 0) is 17.7 Å². The Hall–Kier alpha value is -1.68. The summed E-state index contributed by atoms with van der Waals surface area (Å²) in [6, 6.07) is 16.9. The summed E-state index contributed by atoms with van der Waals surface area (Å²) in [5.74, 6) is 0.196. The fourth-order valence-corrected chi connectivity index (χ4v) is 3.50. The SMILES string of the molecule is O=C(CC[NH+]1CCC(O)(c2ccc(Cl)cc2)CC1)c1ccccc1. The second-order valence-electron chi connectivity index (χ2n) is 6.58. The zero-order chi connectivity index (χ0) is 17.0. The van der Waals surface area contributed by atoms with E-state index in [-0.39, 0.29) is 5.78 Å². The van der Waals surface area contributed by atoms with Gasteiger partial charge in [0, 0.05) is 23.4 Å². The lowest BCUT2D eigenvalue weighted by atomic mass is 9.84. The molecule has 2 aromatic carbocycles. The van der Waals surface area contributed by atoms with Crippen molar-refractivity contribution in [2.24, 2.45) is 0 Å². The summed E-state index contributed by atoms with van der Waals surface area (Å²) in [7, 11) is 0. The van der Waals surface area contributed by atoms with Gasteiger partial charge >= 0.3 is 0 Å². The van der Waals surface area contributed by atoms with Crippen molar-refractivity contribution in [1.82, 2.24) is 0 Å². The molecule has 4 heteroatoms. The van der Waals surface area contributed by atoms with Crippen LogP contribution in [0.2, 0.25) is 5.02 Å². The van der Waals surface area contributed by atoms with Crippen LogP contribution in [0, 0.1) is 0 Å². The molecule has 0 amide bonds. The van der Waals surface area contributed by atoms with Crippen LogP contribution in [0.5, 0.6) is 0 Å². The number of hydrogen-bond donors (Lipinski definition) is 2. The van der Waals surface area contributed by atoms with E-state index < -0.39 is 5.60 Å². The lowest BCUT2D eigenvalue weighted by molar-refractivity contribution is -0.907. The highest BCUT2D eigenvalue weighted by Crippen LogP contribution is 2.30. The van der Waals surface area contributed by atoms with Gasteiger partial charge in [0.2, 0.25) is 0 Å². The molecule has 0 spiro atoms. The van der Waals surface area contributed by atoms with Gasteiger partial charge in [-0.3, -0.25) is 4.79 Å². The highest BCUT2D eigenvalue weighted by atomic mass is 35.5. The Bertz CT molecular complexity index is 677. The normalized spacial score (nSPS) is 23.8. The maximum absolute atomic E-state index is 12.2. The molecule has 1 aliphatic heterocycles. The Morgan fingerprint density at radius 1 is 1.04 bits per heavy atom. The zero-order valence-electron chi connectivity index (χ0n) is 13.7. The molecule has 0 radical (unpaired) electrons. The number of ketones is 1. The lowest BCUT2D eigenvalue weighted by Crippen LogP contribution is -3.13. The summed E-state index contributed by atoms with van der Waals surface area (Å²) in [6.07, 6.45) is 1.98. The first-order chi connectivity index (χ1) is 11.6. The van der Waals surface area contributed by atoms with Gasteiger partial charge in [0.05, 0.1) is 26.1 Å². The maximum Gasteiger partial charge on any atom is 0.168 e. The number of hydrogen-bond acceptors (Lipinski definition) is 2. The molecule has 3 rings (SSSR count). The highest BCUT2D eigenvalue weighted by Gasteiger charge is 2.36. The van der Waals surface area contributed by atoms with Crippen molar-refractivity contribution in [3.05, 3.63) is 70.7 Å². The topological polar surface area (TPSA) is 41.7 Å². The second-order valence-corrected chi connectivity index (χ2v) is 7.01. The average molecular weight is 345 g/mol. The van der Waals surface area contributed by atoms with Gasteiger partial charge in [-0.25, -0.2) is 0 Å². The molecule has 0 bridgehead atoms. The third kappa shape index (κ3) is 4.04. The van der Waals surface area contributed by atoms with Crippen molar-refractivity contribution in [2.75, 3.05) is 19.6 Å². The van der Waals surface area contributed by atoms with Crippen molar-refractivity contribution in [3.8, 4) is 0 Å². The number of benzene rings is 2. The fourth-order valence-electron chi connectivity index (χ4n) is 3.37. The number of rotatable bonds is 5. The van der Waals surface area contributed by atoms with Gasteiger partial charge < -0.3 is 10.0 Å². The number of carbonyl (C=O) groups is 1. The molecule has 1 fully saturated rings. The quantitative estimate of drug-likeness (QED) is 0.818. The van der Waals surface area contributed by atoms with Crippen molar-refractivity contribution < 1.29 is 14.8 Å². The van der Waals surface area contributed by atoms with Crippen LogP contribution in [0.15, 0.2) is 54.6 Å². The molecular formula is C20H23ClNO2+. The Balaban J connectivity index is 1.52. The molecule has 0 saturated carbocycles. The molecule has 24 heavy (non-hydrogen) atoms. The number of nitrogens with one attached hydrogen (secondary N) is 1. The van der Waals surface area contributed by atoms with E-state index in [0.717, 1.165) is 30.8 Å². The molecule has 3 nitrogen and oxygen atoms in total. The van der Waals surface area contributed by atoms with Crippen LogP contribution in [-0.4, -0.2) is 30.5 Å². The molecule has 1 aliphatic rings. The van der Waals surface area contributed by atoms with E-state index in [2.05, 4.69) is 0 Å². The number of likely N-dealkylation sites (tertiary alicyclic amines) is 1. The predicted molar refractivity (Wildman–Crippen MR) is 95.5 cm³/mol. The highest BCUT2D eigenvalue weighted by molar-refractivity contribution is 6.30. The summed E-state index contributed by atoms with van der Waals surface area (Å²) in [6.45, 7) is 2.58. The number of Topliss-reactive ketones (excluding diaryl/α,β-unsaturated/α-hetero) is 1. The smallest absolute Gasteiger partial charge is 0.168 e. The second kappa shape index (κ2) is 7.47. The molecular weight excluding hydrogens is 322 g/mol. The van der Waals surface area contributed by atoms with E-state index in [1.165, 1.54) is 4.90 Å². The van der Waals surface area contributed by atoms with Gasteiger partial charge in [-0.15, -0.1) is 0 Å². The fraction of sp³-hybridized carbons (Fsp3) is 0.350. The van der Waals surface area contributed by atoms with Crippen LogP contribution in [0.3, 0.4) is 0 Å². The third-order valence-corrected chi connectivity index (χ3v) is 5.22. The van der Waals surface area contributed by atoms with Gasteiger partial charge in [0.15, 0.2) is 5.78 Å². The first kappa shape index (κ1) is 17.2. The number of quaternary nitrogens is 1. The van der Waals surface area contributed by atoms with Gasteiger partial charge in [-0.2, -0.15) is 0 Å². The van der Waals surface area contributed by atoms with E-state index in [4.69, 9.17) is 11.6 Å². The Kier molecular flexibility index (Phi) is 5.34. The van der Waals surface area contributed by atoms with Gasteiger partial charge in [0.1, 0.15) is 5.60 Å². The summed E-state index contributed by atoms with van der Waals surface area (Å²) in [5, 5.41) is 11.6. The minimum Gasteiger partial charge on any atom is -0.385 e. The lowest BCUT2D eigenvalue weighted by Gasteiger charge is -2.36. The van der Waals surface area contributed by atoms with Crippen molar-refractivity contribution in [1.29, 1.82) is 0 Å². The Labute approximate surface area is 147 Å². The minimum atomic E-state index is -0.766. The number of piperidine rings is 1. The largest absolute Gasteiger partial charge is 0.385 e. The number of aliphatic hydroxyl groups is 1. The van der Waals surface area contributed by atoms with Crippen LogP contribution < -0.4 is 4.90 Å². The van der Waals surface area contributed by atoms with Crippen LogP contribution in [0.25, 0.3) is 0 Å². The van der Waals surface area contributed by atoms with E-state index in [0.29, 0.717) is 24.3 Å². The van der Waals surface area contributed by atoms with Crippen LogP contribution in [-0.2, 0) is 5.60 Å². The maximum atomic E-state index is 12.2. The molecule has 126 valence electrons. The summed E-state index contributed by atoms with van der Waals surface area (Å²) < 4.78 is 0. The molecule has 1 heterocycles. The minimum absolute atomic E-state index is 0.196. The summed E-state index contributed by atoms with van der Waals surface area (Å²) >= 11 is 5.92. The van der Waals surface area contributed by atoms with Gasteiger partial charge in [-0.1, -0.05) is 54.1 Å². The van der Waals surface area contributed by atoms with Crippen molar-refractivity contribution in [3.63, 3.8) is 0 Å². The van der Waals surface area contributed by atoms with Gasteiger partial charge in [0.25, 0.3) is 0 Å². The first-order valence-electron chi connectivity index (χ1n) is 8.47. The monoisotopic (exact) mass is 344 g/mol. The van der Waals surface area contributed by atoms with E-state index >= 15 is 0 Å². The summed E-state index contributed by atoms with van der Waals surface area (Å²) in [5.41, 5.74) is 0.954. The first-order valence-corrected chi connectivity index (χ1v) is 8.85. The third-order valence-electron chi connectivity index (χ3n) is 4.97. The predicted octanol–water partition coefficient (Wildman–Crippen LogP) is 2.48. The molecule has 0 atom stereocenters. The molecule has 2 aromatic rings. The zero-order valence-corrected chi connectivity index (χ0v) is 14.4. The molecule has 0 aromatic heterocycles. The van der Waals surface area contributed by atoms with Crippen molar-refractivity contribution in [2.45, 2.75) is 24.9 Å². The molecule has 1 saturated heterocycles. The van der Waals surface area contributed by atoms with Crippen molar-refractivity contribution >= 4 is 17.4 Å². The number of halogens is 1. The molecule has 0 unspecified atom stereocenters. The standard InChI is InChI=1S/C20H22ClNO2/c21-18-8-6-17(7-9-18)20(24)11-14-22(15-12-20)13-10-19(23)16-4-2-1-3-5-16/h1-9,24H,10-15H2/p+1. The van der Waals surface area contributed by atoms with Crippen LogP contribution >= 0.6 is 11.6 Å². The average Bonchev–Trinajstić information content (AvgIpc) is 2.62. The Morgan fingerprint density at radius 2 is 1.67 bits per heavy atom.